The SMILES string of the molecule is CC(=O)N1CC(COCC2CC2)C2(CCN(Cc3cc(C)on3)CC2)C1.O=C(O)C(F)(F)F. The van der Waals surface area contributed by atoms with Crippen molar-refractivity contribution in [3.63, 3.8) is 0 Å². The highest BCUT2D eigenvalue weighted by Gasteiger charge is 2.48. The summed E-state index contributed by atoms with van der Waals surface area (Å²) in [6, 6.07) is 2.02. The molecule has 1 amide bonds. The number of carboxylic acid groups (broad SMARTS) is 1. The Morgan fingerprint density at radius 3 is 2.39 bits per heavy atom. The van der Waals surface area contributed by atoms with Gasteiger partial charge in [-0.2, -0.15) is 13.2 Å². The van der Waals surface area contributed by atoms with E-state index in [0.717, 1.165) is 76.2 Å². The molecule has 1 atom stereocenters. The first-order valence-electron chi connectivity index (χ1n) is 11.3. The monoisotopic (exact) mass is 475 g/mol. The van der Waals surface area contributed by atoms with Gasteiger partial charge in [-0.25, -0.2) is 4.79 Å². The number of aryl methyl sites for hydroxylation is 1. The lowest BCUT2D eigenvalue weighted by Gasteiger charge is -2.42. The zero-order valence-electron chi connectivity index (χ0n) is 19.1. The van der Waals surface area contributed by atoms with E-state index in [2.05, 4.69) is 10.1 Å². The van der Waals surface area contributed by atoms with E-state index in [-0.39, 0.29) is 11.3 Å². The molecule has 2 aliphatic heterocycles. The van der Waals surface area contributed by atoms with E-state index < -0.39 is 12.1 Å². The van der Waals surface area contributed by atoms with E-state index in [4.69, 9.17) is 19.2 Å². The average molecular weight is 476 g/mol. The third-order valence-electron chi connectivity index (χ3n) is 6.78. The van der Waals surface area contributed by atoms with Gasteiger partial charge in [0.15, 0.2) is 0 Å². The number of rotatable bonds is 6. The van der Waals surface area contributed by atoms with E-state index in [9.17, 15) is 18.0 Å². The number of hydrogen-bond acceptors (Lipinski definition) is 6. The summed E-state index contributed by atoms with van der Waals surface area (Å²) in [7, 11) is 0. The van der Waals surface area contributed by atoms with E-state index in [1.54, 1.807) is 6.92 Å². The lowest BCUT2D eigenvalue weighted by Crippen LogP contribution is -2.45. The third-order valence-corrected chi connectivity index (χ3v) is 6.78. The summed E-state index contributed by atoms with van der Waals surface area (Å²) in [5.74, 6) is -0.415. The van der Waals surface area contributed by atoms with Gasteiger partial charge in [-0.3, -0.25) is 9.69 Å². The van der Waals surface area contributed by atoms with Crippen LogP contribution in [0.25, 0.3) is 0 Å². The summed E-state index contributed by atoms with van der Waals surface area (Å²) in [5.41, 5.74) is 1.24. The van der Waals surface area contributed by atoms with Gasteiger partial charge < -0.3 is 19.3 Å². The van der Waals surface area contributed by atoms with Crippen molar-refractivity contribution < 1.29 is 37.1 Å². The number of hydrogen-bond donors (Lipinski definition) is 1. The summed E-state index contributed by atoms with van der Waals surface area (Å²) < 4.78 is 43.0. The molecule has 4 rings (SSSR count). The van der Waals surface area contributed by atoms with Gasteiger partial charge in [-0.1, -0.05) is 5.16 Å². The number of nitrogens with zero attached hydrogens (tertiary/aromatic N) is 3. The van der Waals surface area contributed by atoms with E-state index >= 15 is 0 Å². The molecule has 1 aliphatic carbocycles. The van der Waals surface area contributed by atoms with Gasteiger partial charge in [0.2, 0.25) is 5.91 Å². The molecule has 0 aromatic carbocycles. The number of halogens is 3. The van der Waals surface area contributed by atoms with Crippen LogP contribution in [0.15, 0.2) is 10.6 Å². The van der Waals surface area contributed by atoms with Crippen molar-refractivity contribution >= 4 is 11.9 Å². The second kappa shape index (κ2) is 10.4. The van der Waals surface area contributed by atoms with Crippen LogP contribution in [0.1, 0.15) is 44.1 Å². The topological polar surface area (TPSA) is 96.1 Å². The molecule has 2 saturated heterocycles. The number of ether oxygens (including phenoxy) is 1. The van der Waals surface area contributed by atoms with Crippen LogP contribution in [0.5, 0.6) is 0 Å². The number of aliphatic carboxylic acids is 1. The number of carboxylic acids is 1. The second-order valence-corrected chi connectivity index (χ2v) is 9.45. The Bertz CT molecular complexity index is 816. The van der Waals surface area contributed by atoms with Crippen molar-refractivity contribution in [2.24, 2.45) is 17.3 Å². The summed E-state index contributed by atoms with van der Waals surface area (Å²) in [4.78, 5) is 25.4. The van der Waals surface area contributed by atoms with Crippen molar-refractivity contribution in [3.05, 3.63) is 17.5 Å². The Kier molecular flexibility index (Phi) is 8.04. The molecule has 8 nitrogen and oxygen atoms in total. The summed E-state index contributed by atoms with van der Waals surface area (Å²) in [6.45, 7) is 10.1. The van der Waals surface area contributed by atoms with Gasteiger partial charge in [0.1, 0.15) is 5.76 Å². The number of alkyl halides is 3. The van der Waals surface area contributed by atoms with Gasteiger partial charge in [0.05, 0.1) is 12.3 Å². The molecular weight excluding hydrogens is 443 g/mol. The zero-order valence-corrected chi connectivity index (χ0v) is 19.1. The maximum atomic E-state index is 12.0. The lowest BCUT2D eigenvalue weighted by atomic mass is 9.71. The molecule has 3 heterocycles. The molecule has 3 fully saturated rings. The molecule has 11 heteroatoms. The normalized spacial score (nSPS) is 22.8. The minimum absolute atomic E-state index is 0.203. The number of likely N-dealkylation sites (tertiary alicyclic amines) is 2. The highest BCUT2D eigenvalue weighted by molar-refractivity contribution is 5.73. The van der Waals surface area contributed by atoms with Crippen molar-refractivity contribution in [1.82, 2.24) is 15.0 Å². The van der Waals surface area contributed by atoms with Gasteiger partial charge in [-0.15, -0.1) is 0 Å². The van der Waals surface area contributed by atoms with E-state index in [1.807, 2.05) is 17.9 Å². The Morgan fingerprint density at radius 1 is 1.27 bits per heavy atom. The predicted octanol–water partition coefficient (Wildman–Crippen LogP) is 3.10. The molecule has 0 bridgehead atoms. The van der Waals surface area contributed by atoms with Crippen molar-refractivity contribution in [2.45, 2.75) is 52.3 Å². The third kappa shape index (κ3) is 7.17. The zero-order chi connectivity index (χ0) is 24.2. The van der Waals surface area contributed by atoms with Crippen LogP contribution >= 0.6 is 0 Å². The fourth-order valence-corrected chi connectivity index (χ4v) is 4.61. The average Bonchev–Trinajstić information content (AvgIpc) is 3.37. The first-order chi connectivity index (χ1) is 15.5. The van der Waals surface area contributed by atoms with Crippen LogP contribution in [-0.2, 0) is 20.9 Å². The Hall–Kier alpha value is -2.14. The summed E-state index contributed by atoms with van der Waals surface area (Å²) >= 11 is 0. The van der Waals surface area contributed by atoms with Crippen LogP contribution in [0.2, 0.25) is 0 Å². The van der Waals surface area contributed by atoms with Crippen LogP contribution in [-0.4, -0.2) is 77.5 Å². The number of carbonyl (C=O) groups excluding carboxylic acids is 1. The fraction of sp³-hybridized carbons (Fsp3) is 0.773. The predicted molar refractivity (Wildman–Crippen MR) is 111 cm³/mol. The molecule has 1 unspecified atom stereocenters. The van der Waals surface area contributed by atoms with Gasteiger partial charge in [-0.05, 0) is 57.0 Å². The van der Waals surface area contributed by atoms with E-state index in [1.165, 1.54) is 12.8 Å². The first kappa shape index (κ1) is 25.5. The van der Waals surface area contributed by atoms with Crippen LogP contribution in [0.3, 0.4) is 0 Å². The standard InChI is InChI=1S/C20H31N3O3.C2HF3O2/c1-15-9-19(21-26-15)11-22-7-5-20(6-8-22)14-23(16(2)24)10-18(20)13-25-12-17-3-4-17;3-2(4,5)1(6)7/h9,17-18H,3-8,10-14H2,1-2H3;(H,6,7). The molecule has 1 saturated carbocycles. The molecule has 1 N–H and O–H groups in total. The molecular formula is C22H32F3N3O5. The highest BCUT2D eigenvalue weighted by Crippen LogP contribution is 2.45. The van der Waals surface area contributed by atoms with Gasteiger partial charge >= 0.3 is 12.1 Å². The number of amides is 1. The number of aromatic nitrogens is 1. The quantitative estimate of drug-likeness (QED) is 0.675. The van der Waals surface area contributed by atoms with Crippen molar-refractivity contribution in [1.29, 1.82) is 0 Å². The maximum Gasteiger partial charge on any atom is 0.490 e. The second-order valence-electron chi connectivity index (χ2n) is 9.45. The highest BCUT2D eigenvalue weighted by atomic mass is 19.4. The van der Waals surface area contributed by atoms with Crippen LogP contribution < -0.4 is 0 Å². The Labute approximate surface area is 191 Å². The number of piperidine rings is 1. The number of carbonyl (C=O) groups is 2. The molecule has 186 valence electrons. The minimum Gasteiger partial charge on any atom is -0.475 e. The van der Waals surface area contributed by atoms with E-state index in [0.29, 0.717) is 5.92 Å². The summed E-state index contributed by atoms with van der Waals surface area (Å²) in [6.07, 6.45) is -0.173. The van der Waals surface area contributed by atoms with Gasteiger partial charge in [0.25, 0.3) is 0 Å². The molecule has 3 aliphatic rings. The van der Waals surface area contributed by atoms with Crippen LogP contribution in [0, 0.1) is 24.2 Å². The lowest BCUT2D eigenvalue weighted by molar-refractivity contribution is -0.192. The van der Waals surface area contributed by atoms with Crippen molar-refractivity contribution in [2.75, 3.05) is 39.4 Å². The van der Waals surface area contributed by atoms with Crippen molar-refractivity contribution in [3.8, 4) is 0 Å². The molecule has 1 aromatic rings. The molecule has 1 spiro atoms. The molecule has 0 radical (unpaired) electrons. The molecule has 33 heavy (non-hydrogen) atoms. The first-order valence-corrected chi connectivity index (χ1v) is 11.3. The maximum absolute atomic E-state index is 12.0. The summed E-state index contributed by atoms with van der Waals surface area (Å²) in [5, 5.41) is 11.2. The smallest absolute Gasteiger partial charge is 0.475 e. The van der Waals surface area contributed by atoms with Gasteiger partial charge in [0, 0.05) is 45.1 Å². The van der Waals surface area contributed by atoms with Crippen LogP contribution in [0.4, 0.5) is 13.2 Å². The minimum atomic E-state index is -5.08. The Morgan fingerprint density at radius 2 is 1.91 bits per heavy atom. The molecule has 1 aromatic heterocycles. The fourth-order valence-electron chi connectivity index (χ4n) is 4.61. The largest absolute Gasteiger partial charge is 0.490 e. The Balaban J connectivity index is 0.000000383.